The summed E-state index contributed by atoms with van der Waals surface area (Å²) in [6.45, 7) is 10.0. The van der Waals surface area contributed by atoms with Crippen LogP contribution in [0.2, 0.25) is 0 Å². The predicted molar refractivity (Wildman–Crippen MR) is 167 cm³/mol. The third-order valence-electron chi connectivity index (χ3n) is 6.48. The fourth-order valence-electron chi connectivity index (χ4n) is 4.42. The van der Waals surface area contributed by atoms with Crippen molar-refractivity contribution in [3.8, 4) is 0 Å². The van der Waals surface area contributed by atoms with Gasteiger partial charge in [0.2, 0.25) is 0 Å². The molecule has 1 amide bonds. The second-order valence-corrected chi connectivity index (χ2v) is 11.0. The molecule has 0 saturated heterocycles. The van der Waals surface area contributed by atoms with Gasteiger partial charge in [0, 0.05) is 13.6 Å². The van der Waals surface area contributed by atoms with E-state index < -0.39 is 11.2 Å². The van der Waals surface area contributed by atoms with Crippen molar-refractivity contribution in [3.63, 3.8) is 0 Å². The van der Waals surface area contributed by atoms with Crippen LogP contribution in [0.3, 0.4) is 0 Å². The Kier molecular flexibility index (Phi) is 14.6. The fourth-order valence-corrected chi connectivity index (χ4v) is 4.42. The Morgan fingerprint density at radius 3 is 1.28 bits per heavy atom. The number of benzene rings is 3. The van der Waals surface area contributed by atoms with Crippen molar-refractivity contribution in [3.05, 3.63) is 108 Å². The summed E-state index contributed by atoms with van der Waals surface area (Å²) in [5.74, 6) is 0. The van der Waals surface area contributed by atoms with Gasteiger partial charge in [0.25, 0.3) is 0 Å². The molecule has 3 aromatic carbocycles. The third kappa shape index (κ3) is 11.7. The molecule has 0 heterocycles. The van der Waals surface area contributed by atoms with Crippen LogP contribution < -0.4 is 0 Å². The maximum atomic E-state index is 11.9. The molecule has 8 nitrogen and oxygen atoms in total. The summed E-state index contributed by atoms with van der Waals surface area (Å²) in [6, 6.07) is 30.9. The molecular weight excluding hydrogens is 546 g/mol. The molecule has 0 aliphatic carbocycles. The fraction of sp³-hybridized carbons (Fsp3) is 0.457. The molecule has 43 heavy (non-hydrogen) atoms. The minimum Gasteiger partial charge on any atom is -0.444 e. The highest BCUT2D eigenvalue weighted by Gasteiger charge is 2.37. The van der Waals surface area contributed by atoms with E-state index in [2.05, 4.69) is 36.4 Å². The molecule has 0 aliphatic rings. The monoisotopic (exact) mass is 593 g/mol. The van der Waals surface area contributed by atoms with Gasteiger partial charge >= 0.3 is 6.09 Å². The standard InChI is InChI=1S/C35H47NO7/c1-34(2,3)43-33(37)36(4)20-21-38-22-23-39-24-25-40-26-27-41-28-29-42-35(30-14-8-5-9-15-30,31-16-10-6-11-17-31)32-18-12-7-13-19-32/h5-19H,20-29H2,1-4H3. The predicted octanol–water partition coefficient (Wildman–Crippen LogP) is 5.93. The van der Waals surface area contributed by atoms with E-state index in [-0.39, 0.29) is 6.09 Å². The highest BCUT2D eigenvalue weighted by Crippen LogP contribution is 2.40. The smallest absolute Gasteiger partial charge is 0.410 e. The van der Waals surface area contributed by atoms with Gasteiger partial charge in [-0.3, -0.25) is 0 Å². The first-order valence-corrected chi connectivity index (χ1v) is 14.9. The van der Waals surface area contributed by atoms with E-state index >= 15 is 0 Å². The normalized spacial score (nSPS) is 11.8. The van der Waals surface area contributed by atoms with Gasteiger partial charge in [-0.2, -0.15) is 0 Å². The summed E-state index contributed by atoms with van der Waals surface area (Å²) in [4.78, 5) is 13.4. The zero-order chi connectivity index (χ0) is 30.8. The molecule has 3 aromatic rings. The molecule has 234 valence electrons. The van der Waals surface area contributed by atoms with E-state index in [4.69, 9.17) is 28.4 Å². The molecule has 0 unspecified atom stereocenters. The number of rotatable bonds is 19. The molecule has 0 radical (unpaired) electrons. The van der Waals surface area contributed by atoms with Crippen LogP contribution in [0, 0.1) is 0 Å². The number of amides is 1. The van der Waals surface area contributed by atoms with E-state index in [1.165, 1.54) is 4.90 Å². The molecular formula is C35H47NO7. The van der Waals surface area contributed by atoms with Gasteiger partial charge in [-0.15, -0.1) is 0 Å². The van der Waals surface area contributed by atoms with E-state index in [1.807, 2.05) is 75.4 Å². The van der Waals surface area contributed by atoms with Crippen molar-refractivity contribution in [1.29, 1.82) is 0 Å². The van der Waals surface area contributed by atoms with Gasteiger partial charge in [0.15, 0.2) is 0 Å². The van der Waals surface area contributed by atoms with Crippen molar-refractivity contribution < 1.29 is 33.2 Å². The van der Waals surface area contributed by atoms with Crippen LogP contribution in [0.4, 0.5) is 4.79 Å². The first-order valence-electron chi connectivity index (χ1n) is 14.9. The average molecular weight is 594 g/mol. The first kappa shape index (κ1) is 34.2. The Labute approximate surface area is 256 Å². The SMILES string of the molecule is CN(CCOCCOCCOCCOCCOC(c1ccccc1)(c1ccccc1)c1ccccc1)C(=O)OC(C)(C)C. The Morgan fingerprint density at radius 1 is 0.558 bits per heavy atom. The lowest BCUT2D eigenvalue weighted by Gasteiger charge is -2.36. The Morgan fingerprint density at radius 2 is 0.907 bits per heavy atom. The number of likely N-dealkylation sites (N-methyl/N-ethyl adjacent to an activating group) is 1. The summed E-state index contributed by atoms with van der Waals surface area (Å²) in [5, 5.41) is 0. The zero-order valence-electron chi connectivity index (χ0n) is 26.0. The molecule has 0 saturated carbocycles. The van der Waals surface area contributed by atoms with Crippen molar-refractivity contribution in [2.75, 3.05) is 73.1 Å². The van der Waals surface area contributed by atoms with Crippen LogP contribution in [-0.2, 0) is 34.0 Å². The highest BCUT2D eigenvalue weighted by atomic mass is 16.6. The molecule has 0 fully saturated rings. The number of hydrogen-bond acceptors (Lipinski definition) is 7. The summed E-state index contributed by atoms with van der Waals surface area (Å²) in [7, 11) is 1.69. The first-order chi connectivity index (χ1) is 20.8. The molecule has 0 atom stereocenters. The topological polar surface area (TPSA) is 75.7 Å². The number of carbonyl (C=O) groups excluding carboxylic acids is 1. The highest BCUT2D eigenvalue weighted by molar-refractivity contribution is 5.67. The van der Waals surface area contributed by atoms with E-state index in [1.54, 1.807) is 7.05 Å². The number of carbonyl (C=O) groups is 1. The summed E-state index contributed by atoms with van der Waals surface area (Å²) < 4.78 is 34.5. The summed E-state index contributed by atoms with van der Waals surface area (Å²) in [5.41, 5.74) is 1.93. The second-order valence-electron chi connectivity index (χ2n) is 11.0. The second kappa shape index (κ2) is 18.4. The summed E-state index contributed by atoms with van der Waals surface area (Å²) in [6.07, 6.45) is -0.360. The van der Waals surface area contributed by atoms with Crippen LogP contribution in [0.15, 0.2) is 91.0 Å². The lowest BCUT2D eigenvalue weighted by atomic mass is 9.80. The van der Waals surface area contributed by atoms with Crippen LogP contribution in [0.25, 0.3) is 0 Å². The van der Waals surface area contributed by atoms with Gasteiger partial charge < -0.3 is 33.3 Å². The van der Waals surface area contributed by atoms with Gasteiger partial charge in [-0.05, 0) is 37.5 Å². The average Bonchev–Trinajstić information content (AvgIpc) is 3.01. The van der Waals surface area contributed by atoms with Gasteiger partial charge in [0.05, 0.1) is 59.5 Å². The van der Waals surface area contributed by atoms with Crippen molar-refractivity contribution in [2.45, 2.75) is 32.0 Å². The molecule has 0 spiro atoms. The van der Waals surface area contributed by atoms with Gasteiger partial charge in [0.1, 0.15) is 11.2 Å². The lowest BCUT2D eigenvalue weighted by molar-refractivity contribution is -0.0386. The molecule has 8 heteroatoms. The maximum absolute atomic E-state index is 11.9. The molecule has 0 aromatic heterocycles. The van der Waals surface area contributed by atoms with Crippen LogP contribution >= 0.6 is 0 Å². The van der Waals surface area contributed by atoms with Crippen molar-refractivity contribution >= 4 is 6.09 Å². The van der Waals surface area contributed by atoms with Crippen LogP contribution in [0.5, 0.6) is 0 Å². The van der Waals surface area contributed by atoms with E-state index in [0.29, 0.717) is 66.0 Å². The van der Waals surface area contributed by atoms with Crippen LogP contribution in [-0.4, -0.2) is 89.6 Å². The minimum absolute atomic E-state index is 0.360. The van der Waals surface area contributed by atoms with Gasteiger partial charge in [-0.25, -0.2) is 4.79 Å². The number of hydrogen-bond donors (Lipinski definition) is 0. The van der Waals surface area contributed by atoms with Gasteiger partial charge in [-0.1, -0.05) is 91.0 Å². The Balaban J connectivity index is 1.30. The summed E-state index contributed by atoms with van der Waals surface area (Å²) >= 11 is 0. The molecule has 0 aliphatic heterocycles. The van der Waals surface area contributed by atoms with Crippen molar-refractivity contribution in [2.24, 2.45) is 0 Å². The van der Waals surface area contributed by atoms with Crippen LogP contribution in [0.1, 0.15) is 37.5 Å². The molecule has 3 rings (SSSR count). The number of nitrogens with zero attached hydrogens (tertiary/aromatic N) is 1. The third-order valence-corrected chi connectivity index (χ3v) is 6.48. The molecule has 0 N–H and O–H groups in total. The lowest BCUT2D eigenvalue weighted by Crippen LogP contribution is -2.36. The quantitative estimate of drug-likeness (QED) is 0.126. The maximum Gasteiger partial charge on any atom is 0.410 e. The Bertz CT molecular complexity index is 1060. The minimum atomic E-state index is -0.751. The number of ether oxygens (including phenoxy) is 6. The largest absolute Gasteiger partial charge is 0.444 e. The van der Waals surface area contributed by atoms with E-state index in [0.717, 1.165) is 16.7 Å². The molecule has 0 bridgehead atoms. The zero-order valence-corrected chi connectivity index (χ0v) is 26.0. The van der Waals surface area contributed by atoms with E-state index in [9.17, 15) is 4.79 Å². The van der Waals surface area contributed by atoms with Crippen molar-refractivity contribution in [1.82, 2.24) is 4.90 Å². The Hall–Kier alpha value is -3.27.